The third kappa shape index (κ3) is 1.84. The Morgan fingerprint density at radius 3 is 2.64 bits per heavy atom. The summed E-state index contributed by atoms with van der Waals surface area (Å²) in [5.74, 6) is 0.728. The topological polar surface area (TPSA) is 65.4 Å². The van der Waals surface area contributed by atoms with E-state index in [-0.39, 0.29) is 0 Å². The summed E-state index contributed by atoms with van der Waals surface area (Å²) in [6.45, 7) is 2.01. The molecule has 0 bridgehead atoms. The van der Waals surface area contributed by atoms with Crippen LogP contribution in [0.1, 0.15) is 11.1 Å². The van der Waals surface area contributed by atoms with Crippen molar-refractivity contribution >= 4 is 22.1 Å². The van der Waals surface area contributed by atoms with E-state index < -0.39 is 0 Å². The van der Waals surface area contributed by atoms with Crippen molar-refractivity contribution in [1.82, 2.24) is 15.0 Å². The number of aryl methyl sites for hydroxylation is 1. The highest BCUT2D eigenvalue weighted by Crippen LogP contribution is 2.27. The fourth-order valence-electron chi connectivity index (χ4n) is 2.66. The van der Waals surface area contributed by atoms with Crippen molar-refractivity contribution in [2.75, 3.05) is 0 Å². The zero-order chi connectivity index (χ0) is 15.1. The molecule has 0 unspecified atom stereocenters. The largest absolute Gasteiger partial charge is 0.335 e. The molecule has 1 N–H and O–H groups in total. The highest BCUT2D eigenvalue weighted by molar-refractivity contribution is 5.98. The molecule has 22 heavy (non-hydrogen) atoms. The van der Waals surface area contributed by atoms with E-state index in [1.807, 2.05) is 55.5 Å². The average Bonchev–Trinajstić information content (AvgIpc) is 2.97. The number of aromatic amines is 1. The van der Waals surface area contributed by atoms with E-state index >= 15 is 0 Å². The van der Waals surface area contributed by atoms with Gasteiger partial charge >= 0.3 is 0 Å². The summed E-state index contributed by atoms with van der Waals surface area (Å²) in [6, 6.07) is 18.0. The number of imidazole rings is 1. The predicted molar refractivity (Wildman–Crippen MR) is 86.3 cm³/mol. The maximum atomic E-state index is 9.58. The number of hydrogen-bond acceptors (Lipinski definition) is 3. The summed E-state index contributed by atoms with van der Waals surface area (Å²) in [5.41, 5.74) is 4.74. The van der Waals surface area contributed by atoms with Gasteiger partial charge in [0.05, 0.1) is 11.1 Å². The number of H-pyrrole nitrogens is 1. The minimum absolute atomic E-state index is 0.576. The molecule has 0 amide bonds. The Morgan fingerprint density at radius 1 is 1.05 bits per heavy atom. The number of benzene rings is 2. The summed E-state index contributed by atoms with van der Waals surface area (Å²) < 4.78 is 0. The van der Waals surface area contributed by atoms with Gasteiger partial charge < -0.3 is 4.98 Å². The maximum absolute atomic E-state index is 9.58. The number of aromatic nitrogens is 3. The Bertz CT molecular complexity index is 1040. The quantitative estimate of drug-likeness (QED) is 0.575. The van der Waals surface area contributed by atoms with Crippen LogP contribution in [0.15, 0.2) is 48.5 Å². The number of nitrogens with zero attached hydrogens (tertiary/aromatic N) is 3. The van der Waals surface area contributed by atoms with Crippen LogP contribution in [-0.4, -0.2) is 15.0 Å². The van der Waals surface area contributed by atoms with E-state index in [1.165, 1.54) is 0 Å². The molecule has 0 aliphatic heterocycles. The molecule has 0 aliphatic rings. The zero-order valence-electron chi connectivity index (χ0n) is 12.0. The molecule has 4 nitrogen and oxygen atoms in total. The van der Waals surface area contributed by atoms with Crippen LogP contribution in [0.3, 0.4) is 0 Å². The van der Waals surface area contributed by atoms with Crippen LogP contribution in [0.4, 0.5) is 0 Å². The number of pyridine rings is 1. The monoisotopic (exact) mass is 284 g/mol. The first-order valence-corrected chi connectivity index (χ1v) is 7.02. The molecule has 0 atom stereocenters. The van der Waals surface area contributed by atoms with Crippen LogP contribution in [0, 0.1) is 18.3 Å². The molecule has 104 valence electrons. The number of fused-ring (bicyclic) bond motifs is 2. The van der Waals surface area contributed by atoms with Gasteiger partial charge in [0.2, 0.25) is 0 Å². The molecule has 0 saturated carbocycles. The number of rotatable bonds is 1. The number of hydrogen-bond donors (Lipinski definition) is 1. The molecule has 0 spiro atoms. The molecule has 4 rings (SSSR count). The van der Waals surface area contributed by atoms with E-state index in [0.717, 1.165) is 27.9 Å². The Hall–Kier alpha value is -3.19. The van der Waals surface area contributed by atoms with E-state index in [4.69, 9.17) is 0 Å². The van der Waals surface area contributed by atoms with Crippen LogP contribution < -0.4 is 0 Å². The fourth-order valence-corrected chi connectivity index (χ4v) is 2.66. The third-order valence-corrected chi connectivity index (χ3v) is 3.74. The van der Waals surface area contributed by atoms with Gasteiger partial charge in [-0.05, 0) is 19.1 Å². The van der Waals surface area contributed by atoms with Crippen molar-refractivity contribution in [3.63, 3.8) is 0 Å². The van der Waals surface area contributed by atoms with Gasteiger partial charge in [-0.3, -0.25) is 0 Å². The van der Waals surface area contributed by atoms with Crippen LogP contribution >= 0.6 is 0 Å². The molecule has 4 heteroatoms. The first kappa shape index (κ1) is 12.5. The fraction of sp³-hybridized carbons (Fsp3) is 0.0556. The minimum Gasteiger partial charge on any atom is -0.335 e. The van der Waals surface area contributed by atoms with E-state index in [9.17, 15) is 5.26 Å². The summed E-state index contributed by atoms with van der Waals surface area (Å²) >= 11 is 0. The van der Waals surface area contributed by atoms with Crippen molar-refractivity contribution < 1.29 is 0 Å². The van der Waals surface area contributed by atoms with Gasteiger partial charge in [0.1, 0.15) is 17.4 Å². The van der Waals surface area contributed by atoms with E-state index in [1.54, 1.807) is 0 Å². The highest BCUT2D eigenvalue weighted by Gasteiger charge is 2.14. The van der Waals surface area contributed by atoms with Crippen LogP contribution in [0.25, 0.3) is 33.5 Å². The van der Waals surface area contributed by atoms with Crippen molar-refractivity contribution in [3.8, 4) is 17.5 Å². The predicted octanol–water partition coefficient (Wildman–Crippen LogP) is 3.96. The highest BCUT2D eigenvalue weighted by atomic mass is 15.0. The second-order valence-electron chi connectivity index (χ2n) is 5.27. The molecule has 0 aliphatic carbocycles. The van der Waals surface area contributed by atoms with Crippen LogP contribution in [-0.2, 0) is 0 Å². The first-order chi connectivity index (χ1) is 10.8. The van der Waals surface area contributed by atoms with Crippen molar-refractivity contribution in [2.45, 2.75) is 6.92 Å². The molecule has 4 aromatic rings. The average molecular weight is 284 g/mol. The SMILES string of the molecule is Cc1ccc2nc3nc(-c4ccccc4)[nH]c3c(C#N)c2c1. The van der Waals surface area contributed by atoms with Crippen LogP contribution in [0.5, 0.6) is 0 Å². The maximum Gasteiger partial charge on any atom is 0.180 e. The lowest BCUT2D eigenvalue weighted by Crippen LogP contribution is -1.88. The molecule has 2 aromatic carbocycles. The number of nitrogens with one attached hydrogen (secondary N) is 1. The second-order valence-corrected chi connectivity index (χ2v) is 5.27. The van der Waals surface area contributed by atoms with E-state index in [2.05, 4.69) is 21.0 Å². The van der Waals surface area contributed by atoms with Gasteiger partial charge in [-0.1, -0.05) is 42.0 Å². The van der Waals surface area contributed by atoms with Gasteiger partial charge in [0.15, 0.2) is 5.65 Å². The molecular weight excluding hydrogens is 272 g/mol. The summed E-state index contributed by atoms with van der Waals surface area (Å²) in [4.78, 5) is 12.4. The lowest BCUT2D eigenvalue weighted by Gasteiger charge is -2.01. The first-order valence-electron chi connectivity index (χ1n) is 7.02. The molecular formula is C18H12N4. The van der Waals surface area contributed by atoms with Gasteiger partial charge in [-0.15, -0.1) is 0 Å². The van der Waals surface area contributed by atoms with Gasteiger partial charge in [-0.2, -0.15) is 5.26 Å². The van der Waals surface area contributed by atoms with Crippen molar-refractivity contribution in [1.29, 1.82) is 5.26 Å². The molecule has 0 radical (unpaired) electrons. The smallest absolute Gasteiger partial charge is 0.180 e. The molecule has 0 fully saturated rings. The number of nitriles is 1. The Labute approximate surface area is 127 Å². The summed E-state index contributed by atoms with van der Waals surface area (Å²) in [5, 5.41) is 10.4. The second kappa shape index (κ2) is 4.68. The van der Waals surface area contributed by atoms with Crippen molar-refractivity contribution in [2.24, 2.45) is 0 Å². The van der Waals surface area contributed by atoms with Crippen LogP contribution in [0.2, 0.25) is 0 Å². The van der Waals surface area contributed by atoms with Gasteiger partial charge in [-0.25, -0.2) is 9.97 Å². The zero-order valence-corrected chi connectivity index (χ0v) is 12.0. The Morgan fingerprint density at radius 2 is 1.86 bits per heavy atom. The third-order valence-electron chi connectivity index (χ3n) is 3.74. The van der Waals surface area contributed by atoms with E-state index in [0.29, 0.717) is 16.7 Å². The minimum atomic E-state index is 0.576. The summed E-state index contributed by atoms with van der Waals surface area (Å²) in [6.07, 6.45) is 0. The Balaban J connectivity index is 2.08. The molecule has 2 heterocycles. The standard InChI is InChI=1S/C18H12N4/c1-11-7-8-15-13(9-11)14(10-19)16-18(20-15)22-17(21-16)12-5-3-2-4-6-12/h2-9H,1H3,(H,20,21,22). The lowest BCUT2D eigenvalue weighted by molar-refractivity contribution is 1.31. The summed E-state index contributed by atoms with van der Waals surface area (Å²) in [7, 11) is 0. The Kier molecular flexibility index (Phi) is 2.67. The molecule has 0 saturated heterocycles. The lowest BCUT2D eigenvalue weighted by atomic mass is 10.1. The normalized spacial score (nSPS) is 10.9. The van der Waals surface area contributed by atoms with Gasteiger partial charge in [0.25, 0.3) is 0 Å². The van der Waals surface area contributed by atoms with Gasteiger partial charge in [0, 0.05) is 10.9 Å². The van der Waals surface area contributed by atoms with Crippen molar-refractivity contribution in [3.05, 3.63) is 59.7 Å². The molecule has 2 aromatic heterocycles.